The van der Waals surface area contributed by atoms with Gasteiger partial charge in [0.1, 0.15) is 68.7 Å². The first-order chi connectivity index (χ1) is 29.5. The van der Waals surface area contributed by atoms with E-state index in [9.17, 15) is 65.1 Å². The molecule has 0 amide bonds. The zero-order valence-electron chi connectivity index (χ0n) is 33.3. The lowest BCUT2D eigenvalue weighted by Gasteiger charge is -2.45. The Kier molecular flexibility index (Phi) is 16.4. The van der Waals surface area contributed by atoms with Crippen molar-refractivity contribution in [3.05, 3.63) is 35.1 Å². The fraction of sp³-hybridized carbons (Fsp3) is 0.730. The third-order valence-electron chi connectivity index (χ3n) is 11.6. The Morgan fingerprint density at radius 2 is 1.23 bits per heavy atom. The summed E-state index contributed by atoms with van der Waals surface area (Å²) >= 11 is 1.56. The first-order valence-corrected chi connectivity index (χ1v) is 21.7. The standard InChI is InChI=1S/C37H50O23S2/c1-51-30(47)14-9-53-32(20-12(4-16(39)22(14)20)7-55-36(49)61-2)60-35-29(46)27(44)25(42)19(58-35)11-52-31(48)15-10-54-33(59-34-28(45)26(43)24(41)18(6-38)57-34)21-13(5-17(40)23(15)21)8-56-37(50)62-3/h4-5,9,15-29,32-35,38-46H,6-8,10-11H2,1-3H3/t15?,16-,17-,18+,19+,20+,21+,22-,23-,24+,25+,26-,27-,28+,29+,32-,33-,34-,35-/m0/s1. The van der Waals surface area contributed by atoms with Gasteiger partial charge in [-0.2, -0.15) is 0 Å². The first kappa shape index (κ1) is 48.5. The maximum atomic E-state index is 13.8. The second-order valence-electron chi connectivity index (χ2n) is 15.1. The SMILES string of the molecule is COC(=O)C1=CO[C@@H](O[C@@H]2O[C@H](COC(=O)C3CO[C@@H](O[C@@H]4O[C@H](CO)[C@@H](O)[C@H](O)[C@H]4O)[C@@H]4C(COC(=O)SC)=C[C@H](O)[C@H]34)[C@@H](O)[C@H](O)[C@H]2O)[C@@H]2C(COC(=O)SC)=C[C@H](O)[C@H]12. The quantitative estimate of drug-likeness (QED) is 0.0494. The topological polar surface area (TPSA) is 343 Å². The third kappa shape index (κ3) is 9.97. The highest BCUT2D eigenvalue weighted by atomic mass is 32.2. The van der Waals surface area contributed by atoms with Crippen molar-refractivity contribution in [3.8, 4) is 0 Å². The van der Waals surface area contributed by atoms with Crippen LogP contribution in [0.25, 0.3) is 0 Å². The van der Waals surface area contributed by atoms with Crippen LogP contribution in [0.1, 0.15) is 0 Å². The zero-order chi connectivity index (χ0) is 45.2. The molecule has 23 nitrogen and oxygen atoms in total. The zero-order valence-corrected chi connectivity index (χ0v) is 34.9. The predicted octanol–water partition coefficient (Wildman–Crippen LogP) is -3.38. The summed E-state index contributed by atoms with van der Waals surface area (Å²) in [7, 11) is 1.12. The lowest BCUT2D eigenvalue weighted by Crippen LogP contribution is -2.61. The Morgan fingerprint density at radius 1 is 0.677 bits per heavy atom. The van der Waals surface area contributed by atoms with Gasteiger partial charge < -0.3 is 93.3 Å². The molecule has 4 heterocycles. The second kappa shape index (κ2) is 20.9. The van der Waals surface area contributed by atoms with Crippen LogP contribution in [0.2, 0.25) is 0 Å². The summed E-state index contributed by atoms with van der Waals surface area (Å²) in [5.41, 5.74) is 0.453. The molecule has 0 bridgehead atoms. The van der Waals surface area contributed by atoms with E-state index in [2.05, 4.69) is 0 Å². The Bertz CT molecular complexity index is 1730. The summed E-state index contributed by atoms with van der Waals surface area (Å²) in [6.07, 6.45) is -16.3. The number of rotatable bonds is 13. The number of fused-ring (bicyclic) bond motifs is 2. The number of hydrogen-bond donors (Lipinski definition) is 9. The summed E-state index contributed by atoms with van der Waals surface area (Å²) in [6.45, 7) is -2.72. The van der Waals surface area contributed by atoms with E-state index in [1.165, 1.54) is 24.7 Å². The van der Waals surface area contributed by atoms with Crippen LogP contribution in [0, 0.1) is 29.6 Å². The van der Waals surface area contributed by atoms with E-state index >= 15 is 0 Å². The van der Waals surface area contributed by atoms with E-state index in [1.807, 2.05) is 0 Å². The van der Waals surface area contributed by atoms with Crippen molar-refractivity contribution in [1.82, 2.24) is 0 Å². The summed E-state index contributed by atoms with van der Waals surface area (Å²) in [5.74, 6) is -7.32. The van der Waals surface area contributed by atoms with E-state index in [-0.39, 0.29) is 29.9 Å². The number of carbonyl (C=O) groups is 4. The van der Waals surface area contributed by atoms with Gasteiger partial charge in [-0.15, -0.1) is 0 Å². The van der Waals surface area contributed by atoms with Crippen molar-refractivity contribution in [3.63, 3.8) is 0 Å². The van der Waals surface area contributed by atoms with Gasteiger partial charge in [-0.1, -0.05) is 12.2 Å². The van der Waals surface area contributed by atoms with Crippen molar-refractivity contribution in [2.75, 3.05) is 52.7 Å². The van der Waals surface area contributed by atoms with Crippen molar-refractivity contribution in [2.45, 2.75) is 86.2 Å². The van der Waals surface area contributed by atoms with Gasteiger partial charge in [0.2, 0.25) is 6.29 Å². The molecule has 0 spiro atoms. The molecule has 0 aromatic heterocycles. The normalized spacial score (nSPS) is 41.4. The molecule has 62 heavy (non-hydrogen) atoms. The number of aliphatic hydroxyl groups excluding tert-OH is 9. The Hall–Kier alpha value is -2.96. The monoisotopic (exact) mass is 926 g/mol. The fourth-order valence-electron chi connectivity index (χ4n) is 8.40. The van der Waals surface area contributed by atoms with Crippen LogP contribution in [-0.2, 0) is 57.0 Å². The number of thioether (sulfide) groups is 2. The van der Waals surface area contributed by atoms with Gasteiger partial charge in [0, 0.05) is 17.8 Å². The minimum absolute atomic E-state index is 0.0750. The van der Waals surface area contributed by atoms with Crippen molar-refractivity contribution < 1.29 is 113 Å². The number of methoxy groups -OCH3 is 1. The molecular formula is C37H50O23S2. The Morgan fingerprint density at radius 3 is 1.81 bits per heavy atom. The van der Waals surface area contributed by atoms with Crippen LogP contribution >= 0.6 is 23.5 Å². The highest BCUT2D eigenvalue weighted by Gasteiger charge is 2.56. The second-order valence-corrected chi connectivity index (χ2v) is 16.6. The maximum absolute atomic E-state index is 13.8. The van der Waals surface area contributed by atoms with Crippen LogP contribution in [-0.4, -0.2) is 207 Å². The number of ether oxygens (including phenoxy) is 10. The Labute approximate surface area is 361 Å². The van der Waals surface area contributed by atoms with E-state index in [0.717, 1.165) is 36.9 Å². The van der Waals surface area contributed by atoms with Gasteiger partial charge in [-0.25, -0.2) is 14.4 Å². The van der Waals surface area contributed by atoms with Gasteiger partial charge in [-0.05, 0) is 47.2 Å². The third-order valence-corrected chi connectivity index (χ3v) is 12.5. The van der Waals surface area contributed by atoms with E-state index < -0.39 is 158 Å². The molecule has 6 rings (SSSR count). The summed E-state index contributed by atoms with van der Waals surface area (Å²) in [5, 5.41) is 94.4. The van der Waals surface area contributed by atoms with Crippen molar-refractivity contribution in [2.24, 2.45) is 29.6 Å². The molecule has 19 atom stereocenters. The number of hydrogen-bond acceptors (Lipinski definition) is 25. The first-order valence-electron chi connectivity index (χ1n) is 19.3. The van der Waals surface area contributed by atoms with Gasteiger partial charge in [-0.3, -0.25) is 4.79 Å². The summed E-state index contributed by atoms with van der Waals surface area (Å²) in [6, 6.07) is 0. The minimum Gasteiger partial charge on any atom is -0.471 e. The Balaban J connectivity index is 1.15. The molecule has 348 valence electrons. The molecule has 0 radical (unpaired) electrons. The van der Waals surface area contributed by atoms with Gasteiger partial charge in [0.25, 0.3) is 0 Å². The van der Waals surface area contributed by atoms with Crippen LogP contribution < -0.4 is 0 Å². The molecule has 25 heteroatoms. The average molecular weight is 927 g/mol. The maximum Gasteiger partial charge on any atom is 0.367 e. The lowest BCUT2D eigenvalue weighted by atomic mass is 9.78. The molecule has 0 aromatic rings. The van der Waals surface area contributed by atoms with Crippen LogP contribution in [0.5, 0.6) is 0 Å². The molecule has 9 N–H and O–H groups in total. The van der Waals surface area contributed by atoms with Crippen LogP contribution in [0.3, 0.4) is 0 Å². The summed E-state index contributed by atoms with van der Waals surface area (Å²) < 4.78 is 55.6. The molecule has 1 unspecified atom stereocenters. The molecule has 3 fully saturated rings. The van der Waals surface area contributed by atoms with Crippen molar-refractivity contribution in [1.29, 1.82) is 0 Å². The molecule has 6 aliphatic rings. The van der Waals surface area contributed by atoms with E-state index in [0.29, 0.717) is 0 Å². The lowest BCUT2D eigenvalue weighted by molar-refractivity contribution is -0.353. The number of carbonyl (C=O) groups excluding carboxylic acids is 4. The highest BCUT2D eigenvalue weighted by Crippen LogP contribution is 2.47. The van der Waals surface area contributed by atoms with Gasteiger partial charge in [0.05, 0.1) is 56.2 Å². The average Bonchev–Trinajstić information content (AvgIpc) is 3.79. The smallest absolute Gasteiger partial charge is 0.367 e. The molecule has 3 saturated heterocycles. The molecule has 0 aromatic carbocycles. The number of esters is 2. The van der Waals surface area contributed by atoms with Crippen LogP contribution in [0.15, 0.2) is 35.1 Å². The van der Waals surface area contributed by atoms with E-state index in [1.54, 1.807) is 0 Å². The molecule has 2 aliphatic carbocycles. The summed E-state index contributed by atoms with van der Waals surface area (Å²) in [4.78, 5) is 50.4. The van der Waals surface area contributed by atoms with Crippen molar-refractivity contribution >= 4 is 46.1 Å². The fourth-order valence-corrected chi connectivity index (χ4v) is 8.76. The number of aliphatic hydroxyl groups is 9. The van der Waals surface area contributed by atoms with Crippen LogP contribution in [0.4, 0.5) is 9.59 Å². The molecule has 0 saturated carbocycles. The minimum atomic E-state index is -1.94. The largest absolute Gasteiger partial charge is 0.471 e. The van der Waals surface area contributed by atoms with E-state index in [4.69, 9.17) is 47.4 Å². The molecule has 4 aliphatic heterocycles. The van der Waals surface area contributed by atoms with Gasteiger partial charge in [0.15, 0.2) is 18.9 Å². The predicted molar refractivity (Wildman–Crippen MR) is 204 cm³/mol. The molecular weight excluding hydrogens is 877 g/mol. The highest BCUT2D eigenvalue weighted by molar-refractivity contribution is 8.12. The van der Waals surface area contributed by atoms with Gasteiger partial charge >= 0.3 is 22.5 Å².